The van der Waals surface area contributed by atoms with Crippen molar-refractivity contribution in [3.05, 3.63) is 47.5 Å². The number of nitrogens with zero attached hydrogens (tertiary/aromatic N) is 2. The highest BCUT2D eigenvalue weighted by Gasteiger charge is 2.09. The number of nitrogens with one attached hydrogen (secondary N) is 1. The number of carboxylic acid groups (broad SMARTS) is 1. The van der Waals surface area contributed by atoms with Gasteiger partial charge in [-0.05, 0) is 20.0 Å². The molecule has 2 N–H and O–H groups in total. The number of hydrogen-bond donors (Lipinski definition) is 2. The maximum atomic E-state index is 10.6. The summed E-state index contributed by atoms with van der Waals surface area (Å²) in [4.78, 5) is 20.1. The fourth-order valence-corrected chi connectivity index (χ4v) is 2.06. The van der Waals surface area contributed by atoms with E-state index in [0.717, 1.165) is 17.1 Å². The van der Waals surface area contributed by atoms with E-state index in [-0.39, 0.29) is 6.61 Å². The summed E-state index contributed by atoms with van der Waals surface area (Å²) in [5.74, 6) is 0.519. The van der Waals surface area contributed by atoms with E-state index in [0.29, 0.717) is 18.8 Å². The van der Waals surface area contributed by atoms with Crippen LogP contribution in [0.2, 0.25) is 0 Å². The Bertz CT molecular complexity index is 610. The normalized spacial score (nSPS) is 10.8. The van der Waals surface area contributed by atoms with Crippen LogP contribution >= 0.6 is 0 Å². The van der Waals surface area contributed by atoms with Gasteiger partial charge >= 0.3 is 5.97 Å². The second-order valence-electron chi connectivity index (χ2n) is 4.98. The molecule has 21 heavy (non-hydrogen) atoms. The lowest BCUT2D eigenvalue weighted by Crippen LogP contribution is -2.19. The molecular weight excluding hydrogens is 270 g/mol. The first-order chi connectivity index (χ1) is 10.0. The van der Waals surface area contributed by atoms with E-state index in [9.17, 15) is 4.79 Å². The van der Waals surface area contributed by atoms with Crippen LogP contribution in [0.15, 0.2) is 30.5 Å². The van der Waals surface area contributed by atoms with Crippen molar-refractivity contribution in [2.75, 3.05) is 13.7 Å². The van der Waals surface area contributed by atoms with Crippen molar-refractivity contribution in [2.24, 2.45) is 0 Å². The molecule has 6 nitrogen and oxygen atoms in total. The summed E-state index contributed by atoms with van der Waals surface area (Å²) in [5, 5.41) is 8.70. The van der Waals surface area contributed by atoms with Gasteiger partial charge in [-0.2, -0.15) is 0 Å². The second-order valence-corrected chi connectivity index (χ2v) is 4.98. The van der Waals surface area contributed by atoms with Gasteiger partial charge in [0, 0.05) is 24.0 Å². The van der Waals surface area contributed by atoms with Crippen molar-refractivity contribution in [3.8, 4) is 5.75 Å². The van der Waals surface area contributed by atoms with Crippen LogP contribution in [0.1, 0.15) is 17.1 Å². The van der Waals surface area contributed by atoms with Gasteiger partial charge in [-0.25, -0.2) is 9.78 Å². The number of aromatic nitrogens is 2. The average molecular weight is 289 g/mol. The molecule has 0 radical (unpaired) electrons. The molecule has 2 aromatic rings. The lowest BCUT2D eigenvalue weighted by Gasteiger charge is -2.17. The molecule has 1 aromatic carbocycles. The third-order valence-electron chi connectivity index (χ3n) is 2.94. The van der Waals surface area contributed by atoms with Crippen LogP contribution in [-0.2, 0) is 17.9 Å². The topological polar surface area (TPSA) is 78.5 Å². The van der Waals surface area contributed by atoms with Crippen molar-refractivity contribution in [2.45, 2.75) is 20.0 Å². The van der Waals surface area contributed by atoms with Gasteiger partial charge in [-0.1, -0.05) is 18.2 Å². The lowest BCUT2D eigenvalue weighted by molar-refractivity contribution is -0.139. The summed E-state index contributed by atoms with van der Waals surface area (Å²) in [6, 6.07) is 7.45. The standard InChI is InChI=1S/C15H19N3O3/c1-11-7-16-14(17-11)9-18(2)8-12-5-3-4-6-13(12)21-10-15(19)20/h3-7H,8-10H2,1-2H3,(H,16,17)(H,19,20). The molecule has 0 bridgehead atoms. The monoisotopic (exact) mass is 289 g/mol. The van der Waals surface area contributed by atoms with Crippen LogP contribution in [0.5, 0.6) is 5.75 Å². The van der Waals surface area contributed by atoms with Crippen LogP contribution in [-0.4, -0.2) is 39.6 Å². The van der Waals surface area contributed by atoms with E-state index in [1.165, 1.54) is 0 Å². The number of hydrogen-bond acceptors (Lipinski definition) is 4. The van der Waals surface area contributed by atoms with Crippen molar-refractivity contribution >= 4 is 5.97 Å². The summed E-state index contributed by atoms with van der Waals surface area (Å²) < 4.78 is 5.30. The Morgan fingerprint density at radius 2 is 2.14 bits per heavy atom. The Kier molecular flexibility index (Phi) is 4.94. The molecule has 0 aliphatic carbocycles. The summed E-state index contributed by atoms with van der Waals surface area (Å²) >= 11 is 0. The van der Waals surface area contributed by atoms with E-state index in [1.807, 2.05) is 32.2 Å². The number of H-pyrrole nitrogens is 1. The zero-order chi connectivity index (χ0) is 15.2. The fraction of sp³-hybridized carbons (Fsp3) is 0.333. The second kappa shape index (κ2) is 6.90. The van der Waals surface area contributed by atoms with Gasteiger partial charge in [0.15, 0.2) is 6.61 Å². The number of benzene rings is 1. The predicted molar refractivity (Wildman–Crippen MR) is 78.1 cm³/mol. The predicted octanol–water partition coefficient (Wildman–Crippen LogP) is 1.81. The zero-order valence-corrected chi connectivity index (χ0v) is 12.2. The molecule has 0 aliphatic rings. The number of aromatic amines is 1. The van der Waals surface area contributed by atoms with Gasteiger partial charge in [0.1, 0.15) is 11.6 Å². The molecule has 1 heterocycles. The van der Waals surface area contributed by atoms with Crippen LogP contribution in [0, 0.1) is 6.92 Å². The molecule has 0 atom stereocenters. The van der Waals surface area contributed by atoms with Crippen LogP contribution in [0.25, 0.3) is 0 Å². The molecule has 0 saturated carbocycles. The molecule has 0 aliphatic heterocycles. The summed E-state index contributed by atoms with van der Waals surface area (Å²) in [5.41, 5.74) is 1.98. The van der Waals surface area contributed by atoms with Gasteiger partial charge in [0.2, 0.25) is 0 Å². The minimum Gasteiger partial charge on any atom is -0.482 e. The van der Waals surface area contributed by atoms with Gasteiger partial charge < -0.3 is 14.8 Å². The maximum Gasteiger partial charge on any atom is 0.341 e. The average Bonchev–Trinajstić information content (AvgIpc) is 2.83. The maximum absolute atomic E-state index is 10.6. The number of carbonyl (C=O) groups is 1. The Morgan fingerprint density at radius 1 is 1.38 bits per heavy atom. The van der Waals surface area contributed by atoms with Crippen molar-refractivity contribution < 1.29 is 14.6 Å². The Balaban J connectivity index is 1.99. The highest BCUT2D eigenvalue weighted by atomic mass is 16.5. The van der Waals surface area contributed by atoms with E-state index in [4.69, 9.17) is 9.84 Å². The Morgan fingerprint density at radius 3 is 2.81 bits per heavy atom. The van der Waals surface area contributed by atoms with Gasteiger partial charge in [-0.3, -0.25) is 4.90 Å². The minimum absolute atomic E-state index is 0.335. The minimum atomic E-state index is -0.982. The van der Waals surface area contributed by atoms with E-state index >= 15 is 0 Å². The fourth-order valence-electron chi connectivity index (χ4n) is 2.06. The van der Waals surface area contributed by atoms with Gasteiger partial charge in [0.05, 0.1) is 6.54 Å². The lowest BCUT2D eigenvalue weighted by atomic mass is 10.2. The van der Waals surface area contributed by atoms with Crippen molar-refractivity contribution in [1.82, 2.24) is 14.9 Å². The van der Waals surface area contributed by atoms with E-state index in [2.05, 4.69) is 14.9 Å². The van der Waals surface area contributed by atoms with Crippen molar-refractivity contribution in [1.29, 1.82) is 0 Å². The molecule has 0 fully saturated rings. The first-order valence-corrected chi connectivity index (χ1v) is 6.66. The molecule has 0 unspecified atom stereocenters. The van der Waals surface area contributed by atoms with E-state index < -0.39 is 5.97 Å². The largest absolute Gasteiger partial charge is 0.482 e. The smallest absolute Gasteiger partial charge is 0.341 e. The number of rotatable bonds is 7. The number of para-hydroxylation sites is 1. The number of aryl methyl sites for hydroxylation is 1. The SMILES string of the molecule is Cc1cnc(CN(C)Cc2ccccc2OCC(=O)O)[nH]1. The number of carboxylic acids is 1. The van der Waals surface area contributed by atoms with Crippen molar-refractivity contribution in [3.63, 3.8) is 0 Å². The third-order valence-corrected chi connectivity index (χ3v) is 2.94. The quantitative estimate of drug-likeness (QED) is 0.813. The Labute approximate surface area is 123 Å². The summed E-state index contributed by atoms with van der Waals surface area (Å²) in [6.45, 7) is 2.96. The van der Waals surface area contributed by atoms with Gasteiger partial charge in [-0.15, -0.1) is 0 Å². The highest BCUT2D eigenvalue weighted by Crippen LogP contribution is 2.19. The van der Waals surface area contributed by atoms with Crippen LogP contribution < -0.4 is 4.74 Å². The number of aliphatic carboxylic acids is 1. The molecule has 2 rings (SSSR count). The number of ether oxygens (including phenoxy) is 1. The third kappa shape index (κ3) is 4.61. The molecule has 0 spiro atoms. The molecular formula is C15H19N3O3. The first-order valence-electron chi connectivity index (χ1n) is 6.66. The molecule has 1 aromatic heterocycles. The van der Waals surface area contributed by atoms with E-state index in [1.54, 1.807) is 12.3 Å². The molecule has 0 saturated heterocycles. The van der Waals surface area contributed by atoms with Crippen LogP contribution in [0.3, 0.4) is 0 Å². The first kappa shape index (κ1) is 15.1. The molecule has 0 amide bonds. The summed E-state index contributed by atoms with van der Waals surface area (Å²) in [6.07, 6.45) is 1.80. The summed E-state index contributed by atoms with van der Waals surface area (Å²) in [7, 11) is 1.98. The zero-order valence-electron chi connectivity index (χ0n) is 12.2. The molecule has 112 valence electrons. The Hall–Kier alpha value is -2.34. The highest BCUT2D eigenvalue weighted by molar-refractivity contribution is 5.68. The van der Waals surface area contributed by atoms with Gasteiger partial charge in [0.25, 0.3) is 0 Å². The number of imidazole rings is 1. The molecule has 6 heteroatoms. The van der Waals surface area contributed by atoms with Crippen LogP contribution in [0.4, 0.5) is 0 Å².